The van der Waals surface area contributed by atoms with Crippen LogP contribution < -0.4 is 11.1 Å². The van der Waals surface area contributed by atoms with E-state index in [0.717, 1.165) is 25.1 Å². The molecule has 98 valence electrons. The summed E-state index contributed by atoms with van der Waals surface area (Å²) in [5.74, 6) is 0.700. The van der Waals surface area contributed by atoms with Crippen molar-refractivity contribution in [2.45, 2.75) is 44.9 Å². The molecule has 0 bridgehead atoms. The van der Waals surface area contributed by atoms with Crippen LogP contribution in [0.1, 0.15) is 49.7 Å². The number of hydrogen-bond donors (Lipinski definition) is 2. The highest BCUT2D eigenvalue weighted by Gasteiger charge is 2.16. The summed E-state index contributed by atoms with van der Waals surface area (Å²) < 4.78 is 0. The molecule has 0 fully saturated rings. The molecule has 0 aliphatic carbocycles. The molecule has 1 aromatic carbocycles. The smallest absolute Gasteiger partial charge is 0.224 e. The number of rotatable bonds is 5. The van der Waals surface area contributed by atoms with Crippen LogP contribution in [0.25, 0.3) is 0 Å². The van der Waals surface area contributed by atoms with E-state index in [1.54, 1.807) is 0 Å². The van der Waals surface area contributed by atoms with Crippen molar-refractivity contribution in [1.82, 2.24) is 0 Å². The summed E-state index contributed by atoms with van der Waals surface area (Å²) in [4.78, 5) is 11.3. The minimum atomic E-state index is 0.131. The molecule has 3 N–H and O–H groups in total. The maximum atomic E-state index is 11.3. The highest BCUT2D eigenvalue weighted by Crippen LogP contribution is 2.28. The van der Waals surface area contributed by atoms with Gasteiger partial charge in [0.1, 0.15) is 0 Å². The fourth-order valence-electron chi connectivity index (χ4n) is 2.47. The molecule has 1 aliphatic rings. The normalized spacial score (nSPS) is 16.0. The van der Waals surface area contributed by atoms with Gasteiger partial charge in [0.2, 0.25) is 5.91 Å². The number of fused-ring (bicyclic) bond motifs is 1. The second-order valence-electron chi connectivity index (χ2n) is 5.15. The summed E-state index contributed by atoms with van der Waals surface area (Å²) >= 11 is 0. The summed E-state index contributed by atoms with van der Waals surface area (Å²) in [7, 11) is 0. The average Bonchev–Trinajstić information content (AvgIpc) is 2.38. The van der Waals surface area contributed by atoms with Gasteiger partial charge in [-0.25, -0.2) is 0 Å². The third-order valence-corrected chi connectivity index (χ3v) is 3.69. The van der Waals surface area contributed by atoms with E-state index in [-0.39, 0.29) is 5.91 Å². The molecular formula is C15H22N2O. The Kier molecular flexibility index (Phi) is 4.37. The minimum absolute atomic E-state index is 0.131. The van der Waals surface area contributed by atoms with Crippen LogP contribution >= 0.6 is 0 Å². The van der Waals surface area contributed by atoms with Crippen molar-refractivity contribution in [1.29, 1.82) is 0 Å². The van der Waals surface area contributed by atoms with Crippen LogP contribution in [0, 0.1) is 0 Å². The first-order valence-corrected chi connectivity index (χ1v) is 6.83. The van der Waals surface area contributed by atoms with Gasteiger partial charge >= 0.3 is 0 Å². The molecule has 18 heavy (non-hydrogen) atoms. The molecule has 0 saturated carbocycles. The topological polar surface area (TPSA) is 55.1 Å². The molecule has 1 aromatic rings. The van der Waals surface area contributed by atoms with Crippen molar-refractivity contribution in [2.24, 2.45) is 5.73 Å². The lowest BCUT2D eigenvalue weighted by atomic mass is 9.91. The lowest BCUT2D eigenvalue weighted by Crippen LogP contribution is -2.19. The van der Waals surface area contributed by atoms with Crippen molar-refractivity contribution in [3.63, 3.8) is 0 Å². The summed E-state index contributed by atoms with van der Waals surface area (Å²) in [6.45, 7) is 3.04. The Bertz CT molecular complexity index is 429. The Morgan fingerprint density at radius 2 is 2.17 bits per heavy atom. The van der Waals surface area contributed by atoms with Gasteiger partial charge in [-0.3, -0.25) is 4.79 Å². The number of carbonyl (C=O) groups is 1. The van der Waals surface area contributed by atoms with Crippen LogP contribution in [0.4, 0.5) is 5.69 Å². The molecule has 1 heterocycles. The Labute approximate surface area is 109 Å². The van der Waals surface area contributed by atoms with Gasteiger partial charge < -0.3 is 11.1 Å². The molecule has 2 rings (SSSR count). The first-order valence-electron chi connectivity index (χ1n) is 6.83. The number of hydrogen-bond acceptors (Lipinski definition) is 2. The van der Waals surface area contributed by atoms with E-state index in [1.807, 2.05) is 6.07 Å². The predicted octanol–water partition coefficient (Wildman–Crippen LogP) is 2.80. The van der Waals surface area contributed by atoms with Crippen LogP contribution in [0.3, 0.4) is 0 Å². The standard InChI is InChI=1S/C15H22N2O/c1-11(4-2-3-9-16)12-5-7-14-13(10-12)6-8-15(18)17-14/h5,7,10-11H,2-4,6,8-9,16H2,1H3,(H,17,18). The van der Waals surface area contributed by atoms with Crippen LogP contribution in [0.2, 0.25) is 0 Å². The molecule has 1 aliphatic heterocycles. The molecular weight excluding hydrogens is 224 g/mol. The number of benzene rings is 1. The van der Waals surface area contributed by atoms with E-state index in [9.17, 15) is 4.79 Å². The third-order valence-electron chi connectivity index (χ3n) is 3.69. The number of carbonyl (C=O) groups excluding carboxylic acids is 1. The molecule has 0 saturated heterocycles. The second-order valence-corrected chi connectivity index (χ2v) is 5.15. The number of anilines is 1. The highest BCUT2D eigenvalue weighted by molar-refractivity contribution is 5.93. The van der Waals surface area contributed by atoms with Crippen molar-refractivity contribution >= 4 is 11.6 Å². The number of nitrogens with two attached hydrogens (primary N) is 1. The van der Waals surface area contributed by atoms with Gasteiger partial charge in [0, 0.05) is 12.1 Å². The quantitative estimate of drug-likeness (QED) is 0.785. The minimum Gasteiger partial charge on any atom is -0.330 e. The highest BCUT2D eigenvalue weighted by atomic mass is 16.1. The van der Waals surface area contributed by atoms with E-state index in [1.165, 1.54) is 24.0 Å². The summed E-state index contributed by atoms with van der Waals surface area (Å²) in [5.41, 5.74) is 9.16. The summed E-state index contributed by atoms with van der Waals surface area (Å²) in [5, 5.41) is 2.92. The molecule has 3 nitrogen and oxygen atoms in total. The predicted molar refractivity (Wildman–Crippen MR) is 74.7 cm³/mol. The van der Waals surface area contributed by atoms with Gasteiger partial charge in [0.25, 0.3) is 0 Å². The largest absolute Gasteiger partial charge is 0.330 e. The Morgan fingerprint density at radius 3 is 2.94 bits per heavy atom. The molecule has 1 unspecified atom stereocenters. The number of amides is 1. The zero-order valence-corrected chi connectivity index (χ0v) is 11.0. The summed E-state index contributed by atoms with van der Waals surface area (Å²) in [6.07, 6.45) is 4.95. The van der Waals surface area contributed by atoms with Gasteiger partial charge in [-0.1, -0.05) is 25.5 Å². The third kappa shape index (κ3) is 3.10. The molecule has 0 radical (unpaired) electrons. The van der Waals surface area contributed by atoms with Crippen LogP contribution in [-0.4, -0.2) is 12.5 Å². The van der Waals surface area contributed by atoms with Gasteiger partial charge in [0.05, 0.1) is 0 Å². The first-order chi connectivity index (χ1) is 8.70. The molecule has 0 spiro atoms. The van der Waals surface area contributed by atoms with Crippen molar-refractivity contribution in [3.05, 3.63) is 29.3 Å². The van der Waals surface area contributed by atoms with Crippen LogP contribution in [0.5, 0.6) is 0 Å². The number of nitrogens with one attached hydrogen (secondary N) is 1. The maximum Gasteiger partial charge on any atom is 0.224 e. The van der Waals surface area contributed by atoms with Crippen molar-refractivity contribution < 1.29 is 4.79 Å². The van der Waals surface area contributed by atoms with Gasteiger partial charge in [-0.15, -0.1) is 0 Å². The van der Waals surface area contributed by atoms with E-state index in [0.29, 0.717) is 12.3 Å². The SMILES string of the molecule is CC(CCCCN)c1ccc2c(c1)CCC(=O)N2. The lowest BCUT2D eigenvalue weighted by molar-refractivity contribution is -0.116. The Morgan fingerprint density at radius 1 is 1.33 bits per heavy atom. The van der Waals surface area contributed by atoms with E-state index >= 15 is 0 Å². The number of aryl methyl sites for hydroxylation is 1. The number of unbranched alkanes of at least 4 members (excludes halogenated alkanes) is 1. The zero-order chi connectivity index (χ0) is 13.0. The second kappa shape index (κ2) is 6.01. The monoisotopic (exact) mass is 246 g/mol. The van der Waals surface area contributed by atoms with Crippen molar-refractivity contribution in [3.8, 4) is 0 Å². The average molecular weight is 246 g/mol. The van der Waals surface area contributed by atoms with Crippen LogP contribution in [-0.2, 0) is 11.2 Å². The van der Waals surface area contributed by atoms with Gasteiger partial charge in [0.15, 0.2) is 0 Å². The van der Waals surface area contributed by atoms with Gasteiger partial charge in [-0.2, -0.15) is 0 Å². The Balaban J connectivity index is 2.04. The van der Waals surface area contributed by atoms with Crippen molar-refractivity contribution in [2.75, 3.05) is 11.9 Å². The molecule has 1 atom stereocenters. The Hall–Kier alpha value is -1.35. The maximum absolute atomic E-state index is 11.3. The molecule has 0 aromatic heterocycles. The zero-order valence-electron chi connectivity index (χ0n) is 11.0. The van der Waals surface area contributed by atoms with E-state index in [4.69, 9.17) is 5.73 Å². The first kappa shape index (κ1) is 13.1. The van der Waals surface area contributed by atoms with E-state index in [2.05, 4.69) is 24.4 Å². The fraction of sp³-hybridized carbons (Fsp3) is 0.533. The van der Waals surface area contributed by atoms with Gasteiger partial charge in [-0.05, 0) is 48.9 Å². The molecule has 1 amide bonds. The summed E-state index contributed by atoms with van der Waals surface area (Å²) in [6, 6.07) is 6.43. The fourth-order valence-corrected chi connectivity index (χ4v) is 2.47. The van der Waals surface area contributed by atoms with Crippen LogP contribution in [0.15, 0.2) is 18.2 Å². The lowest BCUT2D eigenvalue weighted by Gasteiger charge is -2.19. The molecule has 3 heteroatoms. The van der Waals surface area contributed by atoms with E-state index < -0.39 is 0 Å².